The van der Waals surface area contributed by atoms with E-state index in [4.69, 9.17) is 16.3 Å². The molecule has 1 N–H and O–H groups in total. The molecular formula is C23H26ClN3O5S. The van der Waals surface area contributed by atoms with Gasteiger partial charge in [0, 0.05) is 43.2 Å². The second-order valence-electron chi connectivity index (χ2n) is 8.15. The normalized spacial score (nSPS) is 15.9. The fourth-order valence-electron chi connectivity index (χ4n) is 3.99. The van der Waals surface area contributed by atoms with Gasteiger partial charge in [-0.25, -0.2) is 8.42 Å². The zero-order valence-electron chi connectivity index (χ0n) is 18.3. The van der Waals surface area contributed by atoms with Crippen LogP contribution in [0.15, 0.2) is 41.3 Å². The van der Waals surface area contributed by atoms with Crippen molar-refractivity contribution >= 4 is 44.8 Å². The summed E-state index contributed by atoms with van der Waals surface area (Å²) in [6.07, 6.45) is 0.823. The van der Waals surface area contributed by atoms with Crippen LogP contribution < -0.4 is 9.62 Å². The average Bonchev–Trinajstić information content (AvgIpc) is 3.23. The number of nitrogens with zero attached hydrogens (tertiary/aromatic N) is 2. The molecule has 33 heavy (non-hydrogen) atoms. The zero-order chi connectivity index (χ0) is 23.6. The van der Waals surface area contributed by atoms with Crippen molar-refractivity contribution in [3.8, 4) is 0 Å². The quantitative estimate of drug-likeness (QED) is 0.670. The minimum Gasteiger partial charge on any atom is -0.378 e. The smallest absolute Gasteiger partial charge is 0.261 e. The Kier molecular flexibility index (Phi) is 6.92. The van der Waals surface area contributed by atoms with Gasteiger partial charge in [-0.1, -0.05) is 17.7 Å². The van der Waals surface area contributed by atoms with Crippen LogP contribution >= 0.6 is 11.6 Å². The highest BCUT2D eigenvalue weighted by Crippen LogP contribution is 2.32. The Hall–Kier alpha value is -2.62. The molecule has 2 aliphatic rings. The third-order valence-electron chi connectivity index (χ3n) is 5.90. The van der Waals surface area contributed by atoms with Gasteiger partial charge in [0.25, 0.3) is 10.0 Å². The first-order chi connectivity index (χ1) is 15.7. The molecule has 10 heteroatoms. The lowest BCUT2D eigenvalue weighted by Crippen LogP contribution is -2.41. The summed E-state index contributed by atoms with van der Waals surface area (Å²) < 4.78 is 33.5. The van der Waals surface area contributed by atoms with Crippen LogP contribution in [0.25, 0.3) is 0 Å². The first kappa shape index (κ1) is 23.5. The van der Waals surface area contributed by atoms with Crippen LogP contribution in [-0.2, 0) is 30.8 Å². The Balaban J connectivity index is 1.42. The largest absolute Gasteiger partial charge is 0.378 e. The lowest BCUT2D eigenvalue weighted by atomic mass is 10.2. The van der Waals surface area contributed by atoms with Gasteiger partial charge in [-0.2, -0.15) is 0 Å². The summed E-state index contributed by atoms with van der Waals surface area (Å²) >= 11 is 6.10. The van der Waals surface area contributed by atoms with Crippen LogP contribution in [0.4, 0.5) is 11.4 Å². The highest BCUT2D eigenvalue weighted by molar-refractivity contribution is 7.92. The third-order valence-corrected chi connectivity index (χ3v) is 7.68. The summed E-state index contributed by atoms with van der Waals surface area (Å²) in [4.78, 5) is 28.6. The number of aryl methyl sites for hydroxylation is 1. The predicted octanol–water partition coefficient (Wildman–Crippen LogP) is 2.98. The number of carbonyl (C=O) groups excluding carboxylic acids is 2. The van der Waals surface area contributed by atoms with E-state index in [1.165, 1.54) is 6.07 Å². The lowest BCUT2D eigenvalue weighted by Gasteiger charge is -2.27. The average molecular weight is 492 g/mol. The van der Waals surface area contributed by atoms with Crippen LogP contribution in [0.3, 0.4) is 0 Å². The number of sulfonamides is 1. The number of hydrogen-bond donors (Lipinski definition) is 1. The molecule has 0 aliphatic carbocycles. The van der Waals surface area contributed by atoms with E-state index in [0.29, 0.717) is 55.7 Å². The van der Waals surface area contributed by atoms with E-state index in [9.17, 15) is 18.0 Å². The SMILES string of the molecule is Cc1ccc(NS(=O)(=O)c2ccc3c(c2)CCN3C(=O)CCC(=O)N2CCOCC2)cc1Cl. The van der Waals surface area contributed by atoms with E-state index in [1.54, 1.807) is 40.1 Å². The topological polar surface area (TPSA) is 96.0 Å². The molecule has 0 radical (unpaired) electrons. The number of ether oxygens (including phenoxy) is 1. The van der Waals surface area contributed by atoms with Crippen molar-refractivity contribution in [1.82, 2.24) is 4.90 Å². The first-order valence-corrected chi connectivity index (χ1v) is 12.7. The number of halogens is 1. The van der Waals surface area contributed by atoms with Gasteiger partial charge in [-0.05, 0) is 54.8 Å². The maximum absolute atomic E-state index is 12.9. The summed E-state index contributed by atoms with van der Waals surface area (Å²) in [7, 11) is -3.81. The highest BCUT2D eigenvalue weighted by atomic mass is 35.5. The fourth-order valence-corrected chi connectivity index (χ4v) is 5.27. The molecule has 0 spiro atoms. The Labute approximate surface area is 198 Å². The van der Waals surface area contributed by atoms with Crippen LogP contribution in [-0.4, -0.2) is 58.0 Å². The van der Waals surface area contributed by atoms with Crippen LogP contribution in [0.5, 0.6) is 0 Å². The monoisotopic (exact) mass is 491 g/mol. The number of rotatable bonds is 6. The molecule has 0 unspecified atom stereocenters. The van der Waals surface area contributed by atoms with Crippen molar-refractivity contribution < 1.29 is 22.7 Å². The maximum atomic E-state index is 12.9. The molecule has 2 aromatic carbocycles. The van der Waals surface area contributed by atoms with E-state index < -0.39 is 10.0 Å². The number of nitrogens with one attached hydrogen (secondary N) is 1. The van der Waals surface area contributed by atoms with E-state index in [-0.39, 0.29) is 29.6 Å². The van der Waals surface area contributed by atoms with E-state index in [2.05, 4.69) is 4.72 Å². The van der Waals surface area contributed by atoms with Crippen LogP contribution in [0, 0.1) is 6.92 Å². The number of benzene rings is 2. The number of morpholine rings is 1. The van der Waals surface area contributed by atoms with Gasteiger partial charge >= 0.3 is 0 Å². The molecule has 0 saturated carbocycles. The second-order valence-corrected chi connectivity index (χ2v) is 10.2. The second kappa shape index (κ2) is 9.70. The van der Waals surface area contributed by atoms with Gasteiger partial charge in [0.1, 0.15) is 0 Å². The Morgan fingerprint density at radius 2 is 1.76 bits per heavy atom. The summed E-state index contributed by atoms with van der Waals surface area (Å²) in [5, 5.41) is 0.477. The van der Waals surface area contributed by atoms with Gasteiger partial charge in [-0.3, -0.25) is 14.3 Å². The number of amides is 2. The summed E-state index contributed by atoms with van der Waals surface area (Å²) in [5.74, 6) is -0.187. The standard InChI is InChI=1S/C23H26ClN3O5S/c1-16-2-3-18(15-20(16)24)25-33(30,31)19-4-5-21-17(14-19)8-9-27(21)23(29)7-6-22(28)26-10-12-32-13-11-26/h2-5,14-15,25H,6-13H2,1H3. The van der Waals surface area contributed by atoms with Crippen molar-refractivity contribution in [2.45, 2.75) is 31.1 Å². The molecule has 4 rings (SSSR count). The zero-order valence-corrected chi connectivity index (χ0v) is 19.9. The van der Waals surface area contributed by atoms with Crippen molar-refractivity contribution in [3.05, 3.63) is 52.5 Å². The molecule has 176 valence electrons. The number of carbonyl (C=O) groups is 2. The molecule has 1 saturated heterocycles. The molecule has 8 nitrogen and oxygen atoms in total. The predicted molar refractivity (Wildman–Crippen MR) is 126 cm³/mol. The van der Waals surface area contributed by atoms with Gasteiger partial charge in [-0.15, -0.1) is 0 Å². The van der Waals surface area contributed by atoms with Crippen molar-refractivity contribution in [2.24, 2.45) is 0 Å². The van der Waals surface area contributed by atoms with Crippen LogP contribution in [0.1, 0.15) is 24.0 Å². The number of fused-ring (bicyclic) bond motifs is 1. The van der Waals surface area contributed by atoms with Gasteiger partial charge < -0.3 is 14.5 Å². The molecule has 1 fully saturated rings. The Morgan fingerprint density at radius 1 is 1.03 bits per heavy atom. The molecule has 0 aromatic heterocycles. The Bertz CT molecular complexity index is 1180. The van der Waals surface area contributed by atoms with E-state index in [1.807, 2.05) is 6.92 Å². The Morgan fingerprint density at radius 3 is 2.48 bits per heavy atom. The highest BCUT2D eigenvalue weighted by Gasteiger charge is 2.27. The van der Waals surface area contributed by atoms with Crippen LogP contribution in [0.2, 0.25) is 5.02 Å². The maximum Gasteiger partial charge on any atom is 0.261 e. The summed E-state index contributed by atoms with van der Waals surface area (Å²) in [6.45, 7) is 4.46. The molecule has 2 heterocycles. The van der Waals surface area contributed by atoms with Gasteiger partial charge in [0.05, 0.1) is 23.8 Å². The number of anilines is 2. The molecule has 2 amide bonds. The summed E-state index contributed by atoms with van der Waals surface area (Å²) in [5.41, 5.74) is 2.71. The molecular weight excluding hydrogens is 466 g/mol. The van der Waals surface area contributed by atoms with E-state index in [0.717, 1.165) is 11.1 Å². The van der Waals surface area contributed by atoms with Crippen molar-refractivity contribution in [1.29, 1.82) is 0 Å². The fraction of sp³-hybridized carbons (Fsp3) is 0.391. The van der Waals surface area contributed by atoms with Gasteiger partial charge in [0.15, 0.2) is 0 Å². The van der Waals surface area contributed by atoms with Crippen molar-refractivity contribution in [3.63, 3.8) is 0 Å². The molecule has 2 aromatic rings. The summed E-state index contributed by atoms with van der Waals surface area (Å²) in [6, 6.07) is 9.71. The minimum absolute atomic E-state index is 0.0465. The third kappa shape index (κ3) is 5.31. The first-order valence-electron chi connectivity index (χ1n) is 10.8. The van der Waals surface area contributed by atoms with E-state index >= 15 is 0 Å². The van der Waals surface area contributed by atoms with Gasteiger partial charge in [0.2, 0.25) is 11.8 Å². The number of hydrogen-bond acceptors (Lipinski definition) is 5. The minimum atomic E-state index is -3.81. The molecule has 0 bridgehead atoms. The van der Waals surface area contributed by atoms with Crippen molar-refractivity contribution in [2.75, 3.05) is 42.5 Å². The molecule has 2 aliphatic heterocycles. The molecule has 0 atom stereocenters. The lowest BCUT2D eigenvalue weighted by molar-refractivity contribution is -0.136.